The maximum Gasteiger partial charge on any atom is 0.272 e. The summed E-state index contributed by atoms with van der Waals surface area (Å²) >= 11 is 0. The summed E-state index contributed by atoms with van der Waals surface area (Å²) < 4.78 is 0. The smallest absolute Gasteiger partial charge is 0.272 e. The minimum atomic E-state index is 0.0181. The predicted octanol–water partition coefficient (Wildman–Crippen LogP) is 2.98. The van der Waals surface area contributed by atoms with Gasteiger partial charge in [0.25, 0.3) is 5.91 Å². The van der Waals surface area contributed by atoms with Gasteiger partial charge in [-0.05, 0) is 43.2 Å². The van der Waals surface area contributed by atoms with E-state index >= 15 is 0 Å². The minimum Gasteiger partial charge on any atom is -0.357 e. The van der Waals surface area contributed by atoms with Gasteiger partial charge in [0, 0.05) is 37.1 Å². The zero-order valence-corrected chi connectivity index (χ0v) is 12.8. The first kappa shape index (κ1) is 13.9. The number of nitrogens with one attached hydrogen (secondary N) is 1. The van der Waals surface area contributed by atoms with Crippen LogP contribution in [0.4, 0.5) is 0 Å². The highest BCUT2D eigenvalue weighted by atomic mass is 16.2. The lowest BCUT2D eigenvalue weighted by Gasteiger charge is -2.32. The van der Waals surface area contributed by atoms with E-state index in [4.69, 9.17) is 0 Å². The number of hydrogen-bond acceptors (Lipinski definition) is 3. The largest absolute Gasteiger partial charge is 0.357 e. The fourth-order valence-corrected chi connectivity index (χ4v) is 3.26. The van der Waals surface area contributed by atoms with Gasteiger partial charge in [-0.15, -0.1) is 0 Å². The van der Waals surface area contributed by atoms with Crippen LogP contribution in [0.3, 0.4) is 0 Å². The molecule has 0 bridgehead atoms. The third kappa shape index (κ3) is 2.70. The number of likely N-dealkylation sites (tertiary alicyclic amines) is 1. The molecule has 5 nitrogen and oxygen atoms in total. The van der Waals surface area contributed by atoms with Crippen molar-refractivity contribution < 1.29 is 4.79 Å². The van der Waals surface area contributed by atoms with Gasteiger partial charge in [0.2, 0.25) is 0 Å². The molecule has 1 aliphatic heterocycles. The first-order valence-corrected chi connectivity index (χ1v) is 7.95. The molecule has 1 saturated heterocycles. The van der Waals surface area contributed by atoms with E-state index in [9.17, 15) is 4.79 Å². The Hall–Kier alpha value is -2.69. The number of carbonyl (C=O) groups is 1. The van der Waals surface area contributed by atoms with E-state index in [1.54, 1.807) is 18.5 Å². The van der Waals surface area contributed by atoms with Crippen LogP contribution in [0.5, 0.6) is 0 Å². The molecule has 1 N–H and O–H groups in total. The van der Waals surface area contributed by atoms with E-state index in [-0.39, 0.29) is 5.91 Å². The van der Waals surface area contributed by atoms with Gasteiger partial charge >= 0.3 is 0 Å². The van der Waals surface area contributed by atoms with Crippen LogP contribution < -0.4 is 0 Å². The second-order valence-corrected chi connectivity index (χ2v) is 5.97. The Kier molecular flexibility index (Phi) is 3.54. The summed E-state index contributed by atoms with van der Waals surface area (Å²) in [4.78, 5) is 26.5. The van der Waals surface area contributed by atoms with E-state index in [0.29, 0.717) is 11.6 Å². The molecule has 3 aromatic heterocycles. The molecule has 1 amide bonds. The Morgan fingerprint density at radius 1 is 1.17 bits per heavy atom. The highest BCUT2D eigenvalue weighted by Crippen LogP contribution is 2.28. The lowest BCUT2D eigenvalue weighted by molar-refractivity contribution is 0.0700. The molecule has 0 radical (unpaired) electrons. The van der Waals surface area contributed by atoms with Crippen molar-refractivity contribution >= 4 is 16.9 Å². The minimum absolute atomic E-state index is 0.0181. The zero-order valence-electron chi connectivity index (χ0n) is 12.8. The Bertz CT molecular complexity index is 794. The van der Waals surface area contributed by atoms with Crippen molar-refractivity contribution in [3.63, 3.8) is 0 Å². The van der Waals surface area contributed by atoms with Crippen molar-refractivity contribution in [1.29, 1.82) is 0 Å². The molecule has 5 heteroatoms. The maximum atomic E-state index is 12.6. The zero-order chi connectivity index (χ0) is 15.6. The molecule has 4 heterocycles. The molecule has 23 heavy (non-hydrogen) atoms. The van der Waals surface area contributed by atoms with Crippen molar-refractivity contribution in [1.82, 2.24) is 19.9 Å². The highest BCUT2D eigenvalue weighted by molar-refractivity contribution is 5.92. The number of nitrogens with zero attached hydrogens (tertiary/aromatic N) is 3. The van der Waals surface area contributed by atoms with E-state index < -0.39 is 0 Å². The Labute approximate surface area is 134 Å². The molecule has 3 aromatic rings. The second-order valence-electron chi connectivity index (χ2n) is 5.97. The van der Waals surface area contributed by atoms with Crippen LogP contribution >= 0.6 is 0 Å². The first-order chi connectivity index (χ1) is 11.3. The third-order valence-electron chi connectivity index (χ3n) is 4.44. The lowest BCUT2D eigenvalue weighted by atomic mass is 9.94. The summed E-state index contributed by atoms with van der Waals surface area (Å²) in [6.07, 6.45) is 5.56. The summed E-state index contributed by atoms with van der Waals surface area (Å²) in [6, 6.07) is 11.5. The fraction of sp³-hybridized carbons (Fsp3) is 0.278. The van der Waals surface area contributed by atoms with Gasteiger partial charge in [-0.2, -0.15) is 0 Å². The molecule has 1 aliphatic rings. The number of carbonyl (C=O) groups excluding carboxylic acids is 1. The molecule has 0 aliphatic carbocycles. The number of hydrogen-bond donors (Lipinski definition) is 1. The van der Waals surface area contributed by atoms with Crippen molar-refractivity contribution in [2.24, 2.45) is 0 Å². The van der Waals surface area contributed by atoms with E-state index in [2.05, 4.69) is 21.0 Å². The number of aromatic amines is 1. The van der Waals surface area contributed by atoms with Crippen LogP contribution in [-0.2, 0) is 0 Å². The maximum absolute atomic E-state index is 12.6. The highest BCUT2D eigenvalue weighted by Gasteiger charge is 2.27. The fourth-order valence-electron chi connectivity index (χ4n) is 3.26. The van der Waals surface area contributed by atoms with Gasteiger partial charge in [0.05, 0.1) is 11.0 Å². The number of aromatic nitrogens is 3. The molecule has 1 fully saturated rings. The summed E-state index contributed by atoms with van der Waals surface area (Å²) in [6.45, 7) is 1.52. The molecular formula is C18H18N4O. The monoisotopic (exact) mass is 306 g/mol. The molecule has 1 unspecified atom stereocenters. The summed E-state index contributed by atoms with van der Waals surface area (Å²) in [5.41, 5.74) is 3.72. The van der Waals surface area contributed by atoms with Crippen molar-refractivity contribution in [2.75, 3.05) is 13.1 Å². The number of piperidine rings is 1. The first-order valence-electron chi connectivity index (χ1n) is 7.95. The van der Waals surface area contributed by atoms with Crippen LogP contribution in [0.15, 0.2) is 48.8 Å². The summed E-state index contributed by atoms with van der Waals surface area (Å²) in [7, 11) is 0. The molecule has 116 valence electrons. The summed E-state index contributed by atoms with van der Waals surface area (Å²) in [5.74, 6) is 0.343. The second kappa shape index (κ2) is 5.83. The Morgan fingerprint density at radius 2 is 2.09 bits per heavy atom. The SMILES string of the molecule is O=C(c1ccccn1)N1CCCC(c2cc3ncccc3[nH]2)C1. The topological polar surface area (TPSA) is 61.9 Å². The van der Waals surface area contributed by atoms with E-state index in [1.165, 1.54) is 0 Å². The van der Waals surface area contributed by atoms with E-state index in [1.807, 2.05) is 29.2 Å². The molecule has 1 atom stereocenters. The van der Waals surface area contributed by atoms with Gasteiger partial charge in [-0.3, -0.25) is 14.8 Å². The predicted molar refractivity (Wildman–Crippen MR) is 88.2 cm³/mol. The van der Waals surface area contributed by atoms with Crippen LogP contribution in [-0.4, -0.2) is 38.8 Å². The van der Waals surface area contributed by atoms with Crippen molar-refractivity contribution in [3.05, 3.63) is 60.2 Å². The number of rotatable bonds is 2. The molecular weight excluding hydrogens is 288 g/mol. The molecule has 0 saturated carbocycles. The number of pyridine rings is 2. The molecule has 0 spiro atoms. The van der Waals surface area contributed by atoms with Crippen LogP contribution in [0, 0.1) is 0 Å². The number of amides is 1. The Morgan fingerprint density at radius 3 is 2.91 bits per heavy atom. The quantitative estimate of drug-likeness (QED) is 0.791. The average molecular weight is 306 g/mol. The normalized spacial score (nSPS) is 18.3. The number of H-pyrrole nitrogens is 1. The van der Waals surface area contributed by atoms with Gasteiger partial charge < -0.3 is 9.88 Å². The Balaban J connectivity index is 1.56. The van der Waals surface area contributed by atoms with Gasteiger partial charge in [0.1, 0.15) is 5.69 Å². The van der Waals surface area contributed by atoms with E-state index in [0.717, 1.165) is 42.7 Å². The standard InChI is InChI=1S/C18H18N4O/c23-18(15-6-1-2-8-19-15)22-10-4-5-13(12-22)16-11-17-14(21-16)7-3-9-20-17/h1-3,6-9,11,13,21H,4-5,10,12H2. The van der Waals surface area contributed by atoms with Crippen molar-refractivity contribution in [3.8, 4) is 0 Å². The van der Waals surface area contributed by atoms with Crippen molar-refractivity contribution in [2.45, 2.75) is 18.8 Å². The van der Waals surface area contributed by atoms with Crippen LogP contribution in [0.25, 0.3) is 11.0 Å². The molecule has 4 rings (SSSR count). The lowest BCUT2D eigenvalue weighted by Crippen LogP contribution is -2.39. The summed E-state index contributed by atoms with van der Waals surface area (Å²) in [5, 5.41) is 0. The van der Waals surface area contributed by atoms with Gasteiger partial charge in [-0.1, -0.05) is 6.07 Å². The molecule has 0 aromatic carbocycles. The van der Waals surface area contributed by atoms with Crippen LogP contribution in [0.1, 0.15) is 34.9 Å². The van der Waals surface area contributed by atoms with Crippen LogP contribution in [0.2, 0.25) is 0 Å². The average Bonchev–Trinajstić information content (AvgIpc) is 3.06. The number of fused-ring (bicyclic) bond motifs is 1. The van der Waals surface area contributed by atoms with Gasteiger partial charge in [0.15, 0.2) is 0 Å². The third-order valence-corrected chi connectivity index (χ3v) is 4.44. The van der Waals surface area contributed by atoms with Gasteiger partial charge in [-0.25, -0.2) is 0 Å².